The van der Waals surface area contributed by atoms with Crippen molar-refractivity contribution in [3.05, 3.63) is 60.2 Å². The Bertz CT molecular complexity index is 854. The second-order valence-electron chi connectivity index (χ2n) is 6.47. The largest absolute Gasteiger partial charge is 0.370 e. The molecule has 2 heterocycles. The first kappa shape index (κ1) is 17.1. The number of hydrogen-bond acceptors (Lipinski definition) is 5. The van der Waals surface area contributed by atoms with Crippen molar-refractivity contribution < 1.29 is 9.64 Å². The molecule has 1 aromatic heterocycles. The Morgan fingerprint density at radius 3 is 2.62 bits per heavy atom. The predicted octanol–water partition coefficient (Wildman–Crippen LogP) is 2.74. The zero-order valence-electron chi connectivity index (χ0n) is 14.8. The van der Waals surface area contributed by atoms with Crippen LogP contribution in [0.2, 0.25) is 0 Å². The number of fused-ring (bicyclic) bond motifs is 1. The van der Waals surface area contributed by atoms with Crippen LogP contribution < -0.4 is 10.3 Å². The Labute approximate surface area is 157 Å². The fourth-order valence-electron chi connectivity index (χ4n) is 3.46. The van der Waals surface area contributed by atoms with Crippen molar-refractivity contribution >= 4 is 32.4 Å². The predicted molar refractivity (Wildman–Crippen MR) is 107 cm³/mol. The normalized spacial score (nSPS) is 17.3. The molecule has 0 spiro atoms. The van der Waals surface area contributed by atoms with Crippen molar-refractivity contribution in [3.8, 4) is 0 Å². The molecule has 1 fully saturated rings. The minimum absolute atomic E-state index is 0.224. The first-order valence-corrected chi connectivity index (χ1v) is 9.76. The molecule has 26 heavy (non-hydrogen) atoms. The fraction of sp³-hybridized carbons (Fsp3) is 0.300. The van der Waals surface area contributed by atoms with Crippen molar-refractivity contribution in [2.45, 2.75) is 13.0 Å². The van der Waals surface area contributed by atoms with Gasteiger partial charge in [-0.05, 0) is 19.1 Å². The average molecular weight is 367 g/mol. The maximum atomic E-state index is 5.54. The SMILES string of the molecule is C/C(=N/Nc1nc2ccccc2s1)[C@@H](c1ccccc1)[NH+]1CCOCC1. The molecule has 5 nitrogen and oxygen atoms in total. The van der Waals surface area contributed by atoms with E-state index in [9.17, 15) is 0 Å². The third-order valence-corrected chi connectivity index (χ3v) is 5.66. The van der Waals surface area contributed by atoms with E-state index in [1.165, 1.54) is 15.2 Å². The highest BCUT2D eigenvalue weighted by atomic mass is 32.1. The second-order valence-corrected chi connectivity index (χ2v) is 7.50. The van der Waals surface area contributed by atoms with E-state index in [1.54, 1.807) is 11.3 Å². The molecule has 2 N–H and O–H groups in total. The van der Waals surface area contributed by atoms with E-state index >= 15 is 0 Å². The summed E-state index contributed by atoms with van der Waals surface area (Å²) in [6.45, 7) is 5.69. The molecule has 0 unspecified atom stereocenters. The molecule has 2 aromatic carbocycles. The molecule has 3 aromatic rings. The van der Waals surface area contributed by atoms with E-state index in [2.05, 4.69) is 53.7 Å². The van der Waals surface area contributed by atoms with Crippen LogP contribution in [0.1, 0.15) is 18.5 Å². The Morgan fingerprint density at radius 1 is 1.12 bits per heavy atom. The molecule has 1 saturated heterocycles. The van der Waals surface area contributed by atoms with Gasteiger partial charge in [0.1, 0.15) is 13.1 Å². The van der Waals surface area contributed by atoms with Crippen LogP contribution in [-0.2, 0) is 4.74 Å². The van der Waals surface area contributed by atoms with E-state index in [0.29, 0.717) is 0 Å². The quantitative estimate of drug-likeness (QED) is 0.539. The molecule has 1 atom stereocenters. The van der Waals surface area contributed by atoms with Crippen molar-refractivity contribution in [1.29, 1.82) is 0 Å². The molecular weight excluding hydrogens is 344 g/mol. The van der Waals surface area contributed by atoms with Gasteiger partial charge in [0, 0.05) is 5.56 Å². The van der Waals surface area contributed by atoms with Gasteiger partial charge in [0.05, 0.1) is 29.1 Å². The summed E-state index contributed by atoms with van der Waals surface area (Å²) in [7, 11) is 0. The molecule has 0 aliphatic carbocycles. The van der Waals surface area contributed by atoms with Gasteiger partial charge in [0.25, 0.3) is 0 Å². The summed E-state index contributed by atoms with van der Waals surface area (Å²) in [6, 6.07) is 19.0. The van der Waals surface area contributed by atoms with E-state index in [0.717, 1.165) is 42.7 Å². The van der Waals surface area contributed by atoms with Crippen LogP contribution in [-0.4, -0.2) is 37.0 Å². The third-order valence-electron chi connectivity index (χ3n) is 4.72. The monoisotopic (exact) mass is 367 g/mol. The van der Waals surface area contributed by atoms with Crippen LogP contribution in [0.3, 0.4) is 0 Å². The van der Waals surface area contributed by atoms with Gasteiger partial charge in [-0.25, -0.2) is 4.98 Å². The number of morpholine rings is 1. The zero-order valence-corrected chi connectivity index (χ0v) is 15.6. The average Bonchev–Trinajstić information content (AvgIpc) is 3.11. The molecular formula is C20H23N4OS+. The lowest BCUT2D eigenvalue weighted by Gasteiger charge is -2.31. The van der Waals surface area contributed by atoms with E-state index < -0.39 is 0 Å². The number of hydrogen-bond donors (Lipinski definition) is 2. The van der Waals surface area contributed by atoms with Gasteiger partial charge in [-0.15, -0.1) is 0 Å². The fourth-order valence-corrected chi connectivity index (χ4v) is 4.27. The van der Waals surface area contributed by atoms with Crippen LogP contribution in [0.15, 0.2) is 59.7 Å². The summed E-state index contributed by atoms with van der Waals surface area (Å²) in [5.41, 5.74) is 6.53. The smallest absolute Gasteiger partial charge is 0.204 e. The van der Waals surface area contributed by atoms with Gasteiger partial charge in [0.15, 0.2) is 6.04 Å². The number of ether oxygens (including phenoxy) is 1. The summed E-state index contributed by atoms with van der Waals surface area (Å²) < 4.78 is 6.71. The standard InChI is InChI=1S/C20H22N4OS/c1-15(22-23-20-21-17-9-5-6-10-18(17)26-20)19(16-7-3-2-4-8-16)24-11-13-25-14-12-24/h2-10,19H,11-14H2,1H3,(H,21,23)/p+1/b22-15-/t19-/m0/s1. The van der Waals surface area contributed by atoms with E-state index in [-0.39, 0.29) is 6.04 Å². The van der Waals surface area contributed by atoms with Crippen molar-refractivity contribution in [2.75, 3.05) is 31.7 Å². The summed E-state index contributed by atoms with van der Waals surface area (Å²) in [6.07, 6.45) is 0. The van der Waals surface area contributed by atoms with Crippen LogP contribution >= 0.6 is 11.3 Å². The van der Waals surface area contributed by atoms with Crippen molar-refractivity contribution in [1.82, 2.24) is 4.98 Å². The number of aromatic nitrogens is 1. The number of thiazole rings is 1. The lowest BCUT2D eigenvalue weighted by atomic mass is 10.0. The molecule has 1 aliphatic heterocycles. The van der Waals surface area contributed by atoms with Crippen LogP contribution in [0, 0.1) is 0 Å². The van der Waals surface area contributed by atoms with E-state index in [4.69, 9.17) is 9.84 Å². The molecule has 4 rings (SSSR count). The van der Waals surface area contributed by atoms with Gasteiger partial charge in [0.2, 0.25) is 5.13 Å². The Hall–Kier alpha value is -2.28. The van der Waals surface area contributed by atoms with Gasteiger partial charge in [-0.3, -0.25) is 5.43 Å². The van der Waals surface area contributed by atoms with Gasteiger partial charge in [-0.2, -0.15) is 5.10 Å². The third kappa shape index (κ3) is 3.77. The maximum Gasteiger partial charge on any atom is 0.204 e. The molecule has 0 radical (unpaired) electrons. The molecule has 0 bridgehead atoms. The molecule has 1 aliphatic rings. The minimum atomic E-state index is 0.224. The molecule has 0 amide bonds. The summed E-state index contributed by atoms with van der Waals surface area (Å²) >= 11 is 1.63. The number of anilines is 1. The van der Waals surface area contributed by atoms with Gasteiger partial charge in [-0.1, -0.05) is 53.8 Å². The maximum absolute atomic E-state index is 5.54. The molecule has 134 valence electrons. The van der Waals surface area contributed by atoms with Crippen molar-refractivity contribution in [3.63, 3.8) is 0 Å². The van der Waals surface area contributed by atoms with Gasteiger partial charge >= 0.3 is 0 Å². The number of quaternary nitrogens is 1. The zero-order chi connectivity index (χ0) is 17.8. The van der Waals surface area contributed by atoms with Crippen LogP contribution in [0.4, 0.5) is 5.13 Å². The highest BCUT2D eigenvalue weighted by Crippen LogP contribution is 2.25. The number of benzene rings is 2. The minimum Gasteiger partial charge on any atom is -0.370 e. The Balaban J connectivity index is 1.58. The van der Waals surface area contributed by atoms with Crippen LogP contribution in [0.5, 0.6) is 0 Å². The number of hydrazone groups is 1. The molecule has 6 heteroatoms. The summed E-state index contributed by atoms with van der Waals surface area (Å²) in [5.74, 6) is 0. The first-order valence-electron chi connectivity index (χ1n) is 8.94. The number of nitrogens with one attached hydrogen (secondary N) is 2. The number of rotatable bonds is 5. The lowest BCUT2D eigenvalue weighted by molar-refractivity contribution is -0.928. The second kappa shape index (κ2) is 7.95. The van der Waals surface area contributed by atoms with E-state index in [1.807, 2.05) is 18.2 Å². The van der Waals surface area contributed by atoms with Gasteiger partial charge < -0.3 is 9.64 Å². The van der Waals surface area contributed by atoms with Crippen LogP contribution in [0.25, 0.3) is 10.2 Å². The summed E-state index contributed by atoms with van der Waals surface area (Å²) in [4.78, 5) is 6.10. The molecule has 0 saturated carbocycles. The highest BCUT2D eigenvalue weighted by molar-refractivity contribution is 7.22. The summed E-state index contributed by atoms with van der Waals surface area (Å²) in [5, 5.41) is 5.52. The lowest BCUT2D eigenvalue weighted by Crippen LogP contribution is -3.15. The highest BCUT2D eigenvalue weighted by Gasteiger charge is 2.29. The number of para-hydroxylation sites is 1. The topological polar surface area (TPSA) is 51.0 Å². The number of nitrogens with zero attached hydrogens (tertiary/aromatic N) is 2. The first-order chi connectivity index (χ1) is 12.8. The Morgan fingerprint density at radius 2 is 1.85 bits per heavy atom. The van der Waals surface area contributed by atoms with Crippen molar-refractivity contribution in [2.24, 2.45) is 5.10 Å². The Kier molecular flexibility index (Phi) is 5.24.